The maximum Gasteiger partial charge on any atom is 0.193 e. The van der Waals surface area contributed by atoms with Crippen molar-refractivity contribution in [1.82, 2.24) is 4.90 Å². The molecule has 1 saturated heterocycles. The number of aliphatic imine (C=N–C) groups is 1. The van der Waals surface area contributed by atoms with Crippen LogP contribution in [-0.2, 0) is 6.54 Å². The summed E-state index contributed by atoms with van der Waals surface area (Å²) in [6.07, 6.45) is 2.40. The lowest BCUT2D eigenvalue weighted by Crippen LogP contribution is -2.34. The van der Waals surface area contributed by atoms with Crippen LogP contribution in [0.15, 0.2) is 46.8 Å². The van der Waals surface area contributed by atoms with Gasteiger partial charge in [0.1, 0.15) is 0 Å². The molecule has 0 aliphatic carbocycles. The number of nitrogens with one attached hydrogen (secondary N) is 1. The predicted molar refractivity (Wildman–Crippen MR) is 119 cm³/mol. The van der Waals surface area contributed by atoms with Gasteiger partial charge in [-0.2, -0.15) is 0 Å². The van der Waals surface area contributed by atoms with E-state index in [1.807, 2.05) is 23.5 Å². The molecule has 2 aromatic rings. The third kappa shape index (κ3) is 6.60. The van der Waals surface area contributed by atoms with Crippen LogP contribution in [0.4, 0.5) is 5.69 Å². The summed E-state index contributed by atoms with van der Waals surface area (Å²) in [4.78, 5) is 8.53. The van der Waals surface area contributed by atoms with Gasteiger partial charge in [-0.3, -0.25) is 9.89 Å². The quantitative estimate of drug-likeness (QED) is 0.389. The van der Waals surface area contributed by atoms with Crippen LogP contribution < -0.4 is 11.1 Å². The van der Waals surface area contributed by atoms with Gasteiger partial charge in [-0.25, -0.2) is 0 Å². The number of nitrogens with zero attached hydrogens (tertiary/aromatic N) is 2. The maximum absolute atomic E-state index is 6.01. The molecule has 0 amide bonds. The Labute approximate surface area is 171 Å². The second kappa shape index (κ2) is 10.1. The highest BCUT2D eigenvalue weighted by molar-refractivity contribution is 14.0. The van der Waals surface area contributed by atoms with Gasteiger partial charge in [0.15, 0.2) is 5.96 Å². The standard InChI is InChI=1S/C19H26N4S.HI/c1-15-4-6-17(7-5-15)22-19(20)21-13-16-8-10-23(11-9-16)14-18-3-2-12-24-18;/h2-7,12,16H,8-11,13-14H2,1H3,(H3,20,21,22);1H. The number of guanidine groups is 1. The largest absolute Gasteiger partial charge is 0.370 e. The SMILES string of the molecule is Cc1ccc(NC(N)=NCC2CCN(Cc3cccs3)CC2)cc1.I. The number of rotatable bonds is 5. The molecular formula is C19H27IN4S. The van der Waals surface area contributed by atoms with Crippen molar-refractivity contribution in [1.29, 1.82) is 0 Å². The summed E-state index contributed by atoms with van der Waals surface area (Å²) in [7, 11) is 0. The third-order valence-electron chi connectivity index (χ3n) is 4.51. The van der Waals surface area contributed by atoms with Crippen LogP contribution in [-0.4, -0.2) is 30.5 Å². The van der Waals surface area contributed by atoms with Crippen molar-refractivity contribution in [2.75, 3.05) is 25.0 Å². The molecule has 1 aliphatic rings. The number of hydrogen-bond donors (Lipinski definition) is 2. The van der Waals surface area contributed by atoms with Crippen molar-refractivity contribution in [3.63, 3.8) is 0 Å². The number of likely N-dealkylation sites (tertiary alicyclic amines) is 1. The van der Waals surface area contributed by atoms with Gasteiger partial charge in [0.25, 0.3) is 0 Å². The number of aryl methyl sites for hydroxylation is 1. The van der Waals surface area contributed by atoms with E-state index in [-0.39, 0.29) is 24.0 Å². The molecule has 0 atom stereocenters. The first-order chi connectivity index (χ1) is 11.7. The van der Waals surface area contributed by atoms with Gasteiger partial charge < -0.3 is 11.1 Å². The Morgan fingerprint density at radius 1 is 1.24 bits per heavy atom. The van der Waals surface area contributed by atoms with Crippen LogP contribution in [0, 0.1) is 12.8 Å². The summed E-state index contributed by atoms with van der Waals surface area (Å²) in [5.41, 5.74) is 8.24. The highest BCUT2D eigenvalue weighted by Gasteiger charge is 2.19. The monoisotopic (exact) mass is 470 g/mol. The van der Waals surface area contributed by atoms with Crippen molar-refractivity contribution in [3.05, 3.63) is 52.2 Å². The third-order valence-corrected chi connectivity index (χ3v) is 5.37. The molecule has 25 heavy (non-hydrogen) atoms. The topological polar surface area (TPSA) is 53.6 Å². The van der Waals surface area contributed by atoms with Crippen molar-refractivity contribution in [2.24, 2.45) is 16.6 Å². The average molecular weight is 470 g/mol. The Morgan fingerprint density at radius 3 is 2.60 bits per heavy atom. The second-order valence-electron chi connectivity index (χ2n) is 6.52. The molecule has 0 bridgehead atoms. The maximum atomic E-state index is 6.01. The Morgan fingerprint density at radius 2 is 1.96 bits per heavy atom. The van der Waals surface area contributed by atoms with E-state index in [0.717, 1.165) is 31.9 Å². The van der Waals surface area contributed by atoms with Crippen LogP contribution in [0.3, 0.4) is 0 Å². The Balaban J connectivity index is 0.00000225. The van der Waals surface area contributed by atoms with E-state index >= 15 is 0 Å². The molecule has 6 heteroatoms. The number of anilines is 1. The number of halogens is 1. The van der Waals surface area contributed by atoms with Gasteiger partial charge >= 0.3 is 0 Å². The molecular weight excluding hydrogens is 443 g/mol. The highest BCUT2D eigenvalue weighted by Crippen LogP contribution is 2.21. The minimum atomic E-state index is 0. The Kier molecular flexibility index (Phi) is 8.18. The van der Waals surface area contributed by atoms with Gasteiger partial charge in [-0.15, -0.1) is 35.3 Å². The highest BCUT2D eigenvalue weighted by atomic mass is 127. The lowest BCUT2D eigenvalue weighted by molar-refractivity contribution is 0.182. The molecule has 0 spiro atoms. The molecule has 0 unspecified atom stereocenters. The Bertz CT molecular complexity index is 647. The van der Waals surface area contributed by atoms with Gasteiger partial charge in [0, 0.05) is 23.7 Å². The smallest absolute Gasteiger partial charge is 0.193 e. The molecule has 1 aromatic heterocycles. The first-order valence-corrected chi connectivity index (χ1v) is 9.45. The van der Waals surface area contributed by atoms with E-state index in [4.69, 9.17) is 5.73 Å². The van der Waals surface area contributed by atoms with E-state index < -0.39 is 0 Å². The van der Waals surface area contributed by atoms with Crippen LogP contribution in [0.25, 0.3) is 0 Å². The molecule has 2 heterocycles. The van der Waals surface area contributed by atoms with Crippen LogP contribution >= 0.6 is 35.3 Å². The molecule has 3 rings (SSSR count). The van der Waals surface area contributed by atoms with Crippen molar-refractivity contribution >= 4 is 47.0 Å². The summed E-state index contributed by atoms with van der Waals surface area (Å²) in [6, 6.07) is 12.5. The predicted octanol–water partition coefficient (Wildman–Crippen LogP) is 4.31. The zero-order chi connectivity index (χ0) is 16.8. The van der Waals surface area contributed by atoms with Crippen LogP contribution in [0.1, 0.15) is 23.3 Å². The molecule has 1 fully saturated rings. The van der Waals surface area contributed by atoms with E-state index in [1.165, 1.54) is 23.3 Å². The second-order valence-corrected chi connectivity index (χ2v) is 7.55. The van der Waals surface area contributed by atoms with Gasteiger partial charge in [0.05, 0.1) is 0 Å². The molecule has 3 N–H and O–H groups in total. The molecule has 0 saturated carbocycles. The summed E-state index contributed by atoms with van der Waals surface area (Å²) >= 11 is 1.84. The fourth-order valence-corrected chi connectivity index (χ4v) is 3.75. The van der Waals surface area contributed by atoms with E-state index in [1.54, 1.807) is 0 Å². The molecule has 0 radical (unpaired) electrons. The lowest BCUT2D eigenvalue weighted by atomic mass is 9.97. The number of hydrogen-bond acceptors (Lipinski definition) is 3. The van der Waals surface area contributed by atoms with Gasteiger partial charge in [-0.1, -0.05) is 23.8 Å². The summed E-state index contributed by atoms with van der Waals surface area (Å²) in [5, 5.41) is 5.32. The fraction of sp³-hybridized carbons (Fsp3) is 0.421. The Hall–Kier alpha value is -1.12. The van der Waals surface area contributed by atoms with Crippen molar-refractivity contribution in [3.8, 4) is 0 Å². The van der Waals surface area contributed by atoms with Crippen molar-refractivity contribution < 1.29 is 0 Å². The zero-order valence-electron chi connectivity index (χ0n) is 14.6. The summed E-state index contributed by atoms with van der Waals surface area (Å²) in [5.74, 6) is 1.16. The zero-order valence-corrected chi connectivity index (χ0v) is 17.8. The van der Waals surface area contributed by atoms with Crippen LogP contribution in [0.2, 0.25) is 0 Å². The number of nitrogens with two attached hydrogens (primary N) is 1. The van der Waals surface area contributed by atoms with E-state index in [9.17, 15) is 0 Å². The van der Waals surface area contributed by atoms with Crippen molar-refractivity contribution in [2.45, 2.75) is 26.3 Å². The van der Waals surface area contributed by atoms with Crippen LogP contribution in [0.5, 0.6) is 0 Å². The number of benzene rings is 1. The fourth-order valence-electron chi connectivity index (χ4n) is 3.00. The molecule has 136 valence electrons. The lowest BCUT2D eigenvalue weighted by Gasteiger charge is -2.30. The first kappa shape index (κ1) is 20.2. The average Bonchev–Trinajstić information content (AvgIpc) is 3.09. The normalized spacial score (nSPS) is 16.4. The van der Waals surface area contributed by atoms with E-state index in [2.05, 4.69) is 51.8 Å². The summed E-state index contributed by atoms with van der Waals surface area (Å²) in [6.45, 7) is 6.29. The molecule has 1 aromatic carbocycles. The molecule has 4 nitrogen and oxygen atoms in total. The summed E-state index contributed by atoms with van der Waals surface area (Å²) < 4.78 is 0. The minimum absolute atomic E-state index is 0. The van der Waals surface area contributed by atoms with Gasteiger partial charge in [0.2, 0.25) is 0 Å². The van der Waals surface area contributed by atoms with E-state index in [0.29, 0.717) is 11.9 Å². The number of piperidine rings is 1. The number of thiophene rings is 1. The van der Waals surface area contributed by atoms with Gasteiger partial charge in [-0.05, 0) is 62.4 Å². The first-order valence-electron chi connectivity index (χ1n) is 8.57. The molecule has 1 aliphatic heterocycles. The minimum Gasteiger partial charge on any atom is -0.370 e.